The average molecular weight is 1020 g/mol. The van der Waals surface area contributed by atoms with Crippen molar-refractivity contribution in [1.29, 1.82) is 0 Å². The van der Waals surface area contributed by atoms with Gasteiger partial charge in [0.05, 0.1) is 43.7 Å². The minimum Gasteiger partial charge on any atom is -0.497 e. The van der Waals surface area contributed by atoms with Crippen LogP contribution in [0.1, 0.15) is 42.2 Å². The summed E-state index contributed by atoms with van der Waals surface area (Å²) in [7, 11) is -2.27. The van der Waals surface area contributed by atoms with Crippen molar-refractivity contribution in [3.8, 4) is 11.5 Å². The Morgan fingerprint density at radius 2 is 1.45 bits per heavy atom. The van der Waals surface area contributed by atoms with Crippen LogP contribution in [0.15, 0.2) is 168 Å². The summed E-state index contributed by atoms with van der Waals surface area (Å²) in [6.45, 7) is 0.603. The number of benzene rings is 6. The maximum Gasteiger partial charge on any atom is 0.329 e. The molecule has 3 N–H and O–H groups in total. The van der Waals surface area contributed by atoms with Crippen molar-refractivity contribution in [1.82, 2.24) is 24.2 Å². The van der Waals surface area contributed by atoms with Gasteiger partial charge in [-0.25, -0.2) is 37.2 Å². The SMILES string of the molecule is COc1ccc(C(OC[C@H]2O[C@@H](n3c(=O)[nH]c4c(NC(=O)Nc5ccc6ccccc6c5)ncnc43)C[C@@H]2O[P@]2O[C@H](CS(=O)(=O)c3ccccc3)[C@@H]3CCCN32)(c2ccccc2)c2ccc(OC)cc2)cc1. The summed E-state index contributed by atoms with van der Waals surface area (Å²) in [5.74, 6) is 1.21. The van der Waals surface area contributed by atoms with E-state index in [4.69, 9.17) is 28.0 Å². The fraction of sp³-hybridized carbons (Fsp3) is 0.259. The van der Waals surface area contributed by atoms with Crippen LogP contribution in [0.2, 0.25) is 0 Å². The number of fused-ring (bicyclic) bond motifs is 3. The maximum atomic E-state index is 14.2. The number of carbonyl (C=O) groups excluding carboxylic acids is 1. The molecule has 0 bridgehead atoms. The van der Waals surface area contributed by atoms with E-state index in [9.17, 15) is 18.0 Å². The van der Waals surface area contributed by atoms with Gasteiger partial charge in [0.25, 0.3) is 8.53 Å². The largest absolute Gasteiger partial charge is 0.497 e. The van der Waals surface area contributed by atoms with Crippen molar-refractivity contribution in [3.63, 3.8) is 0 Å². The van der Waals surface area contributed by atoms with E-state index in [0.717, 1.165) is 40.3 Å². The minimum atomic E-state index is -3.70. The molecule has 3 aliphatic heterocycles. The van der Waals surface area contributed by atoms with E-state index >= 15 is 0 Å². The standard InChI is InChI=1S/C54H52N7O10PS/c1-66-41-25-20-38(21-26-41)54(37-14-5-3-6-15-37,39-22-27-42(67-2)28-23-39)68-32-46-45(70-72-60-29-11-18-44(60)47(71-72)33-73(64,65)43-16-7-4-8-17-43)31-48(69-46)61-51-49(58-53(61)63)50(55-34-56-51)59-52(62)57-40-24-19-35-12-9-10-13-36(35)30-40/h3-10,12-17,19-28,30,34,44-48H,11,18,29,31-33H2,1-2H3,(H,58,63)(H2,55,56,57,59,62)/t44-,45-,46+,47+,48+,72+/m0/s1. The normalized spacial score (nSPS) is 21.1. The third kappa shape index (κ3) is 9.59. The zero-order chi connectivity index (χ0) is 50.1. The Bertz CT molecular complexity index is 3370. The van der Waals surface area contributed by atoms with Crippen molar-refractivity contribution < 1.29 is 41.2 Å². The van der Waals surface area contributed by atoms with E-state index in [-0.39, 0.29) is 46.7 Å². The van der Waals surface area contributed by atoms with Gasteiger partial charge in [0, 0.05) is 24.7 Å². The number of rotatable bonds is 16. The molecule has 3 aliphatic rings. The van der Waals surface area contributed by atoms with Gasteiger partial charge in [0.15, 0.2) is 21.3 Å². The predicted octanol–water partition coefficient (Wildman–Crippen LogP) is 9.18. The molecule has 0 aliphatic carbocycles. The molecule has 0 spiro atoms. The molecule has 19 heteroatoms. The molecule has 0 radical (unpaired) electrons. The van der Waals surface area contributed by atoms with Gasteiger partial charge < -0.3 is 38.3 Å². The Morgan fingerprint density at radius 1 is 0.795 bits per heavy atom. The number of aromatic amines is 1. The average Bonchev–Trinajstić information content (AvgIpc) is 4.22. The number of nitrogens with zero attached hydrogens (tertiary/aromatic N) is 4. The molecule has 8 aromatic rings. The number of imidazole rings is 1. The molecule has 0 saturated carbocycles. The zero-order valence-electron chi connectivity index (χ0n) is 39.9. The molecular formula is C54H52N7O10PS. The van der Waals surface area contributed by atoms with E-state index in [1.54, 1.807) is 50.6 Å². The van der Waals surface area contributed by atoms with Gasteiger partial charge in [-0.05, 0) is 88.8 Å². The number of sulfone groups is 1. The lowest BCUT2D eigenvalue weighted by Gasteiger charge is -2.37. The van der Waals surface area contributed by atoms with Crippen LogP contribution in [-0.2, 0) is 34.0 Å². The van der Waals surface area contributed by atoms with E-state index in [0.29, 0.717) is 23.7 Å². The number of anilines is 2. The number of carbonyl (C=O) groups is 1. The monoisotopic (exact) mass is 1020 g/mol. The quantitative estimate of drug-likeness (QED) is 0.0613. The van der Waals surface area contributed by atoms with Crippen LogP contribution in [0.5, 0.6) is 11.5 Å². The summed E-state index contributed by atoms with van der Waals surface area (Å²) >= 11 is 0. The van der Waals surface area contributed by atoms with E-state index < -0.39 is 60.2 Å². The van der Waals surface area contributed by atoms with Crippen LogP contribution in [0.25, 0.3) is 21.9 Å². The zero-order valence-corrected chi connectivity index (χ0v) is 41.6. The van der Waals surface area contributed by atoms with E-state index in [1.165, 1.54) is 10.9 Å². The third-order valence-corrected chi connectivity index (χ3v) is 17.3. The van der Waals surface area contributed by atoms with Gasteiger partial charge in [-0.1, -0.05) is 103 Å². The molecule has 73 heavy (non-hydrogen) atoms. The minimum absolute atomic E-state index is 0.0552. The third-order valence-electron chi connectivity index (χ3n) is 13.7. The molecule has 2 amide bonds. The molecule has 3 fully saturated rings. The van der Waals surface area contributed by atoms with Gasteiger partial charge >= 0.3 is 11.7 Å². The highest BCUT2D eigenvalue weighted by Crippen LogP contribution is 2.58. The second kappa shape index (κ2) is 20.5. The van der Waals surface area contributed by atoms with Crippen molar-refractivity contribution in [2.24, 2.45) is 0 Å². The second-order valence-corrected chi connectivity index (χ2v) is 21.5. The van der Waals surface area contributed by atoms with E-state index in [2.05, 4.69) is 30.3 Å². The number of amides is 2. The first-order valence-corrected chi connectivity index (χ1v) is 26.7. The molecule has 6 atom stereocenters. The van der Waals surface area contributed by atoms with Gasteiger partial charge in [-0.15, -0.1) is 0 Å². The lowest BCUT2D eigenvalue weighted by atomic mass is 9.80. The first-order valence-electron chi connectivity index (χ1n) is 23.9. The fourth-order valence-electron chi connectivity index (χ4n) is 10.1. The summed E-state index contributed by atoms with van der Waals surface area (Å²) in [5, 5.41) is 7.62. The molecule has 5 heterocycles. The number of H-pyrrole nitrogens is 1. The first kappa shape index (κ1) is 48.3. The number of urea groups is 1. The van der Waals surface area contributed by atoms with Crippen LogP contribution >= 0.6 is 8.53 Å². The molecule has 6 aromatic carbocycles. The van der Waals surface area contributed by atoms with E-state index in [1.807, 2.05) is 115 Å². The highest BCUT2D eigenvalue weighted by molar-refractivity contribution is 7.91. The summed E-state index contributed by atoms with van der Waals surface area (Å²) in [6.07, 6.45) is -0.155. The smallest absolute Gasteiger partial charge is 0.329 e. The molecule has 2 aromatic heterocycles. The first-order chi connectivity index (χ1) is 35.6. The molecule has 0 unspecified atom stereocenters. The molecule has 374 valence electrons. The van der Waals surface area contributed by atoms with Crippen LogP contribution in [0.3, 0.4) is 0 Å². The number of hydrogen-bond acceptors (Lipinski definition) is 13. The van der Waals surface area contributed by atoms with Crippen LogP contribution in [0, 0.1) is 0 Å². The van der Waals surface area contributed by atoms with Crippen LogP contribution in [-0.4, -0.2) is 96.1 Å². The highest BCUT2D eigenvalue weighted by atomic mass is 32.2. The Morgan fingerprint density at radius 3 is 2.15 bits per heavy atom. The fourth-order valence-corrected chi connectivity index (χ4v) is 13.7. The lowest BCUT2D eigenvalue weighted by Crippen LogP contribution is -2.38. The summed E-state index contributed by atoms with van der Waals surface area (Å²) < 4.78 is 70.2. The summed E-state index contributed by atoms with van der Waals surface area (Å²) in [4.78, 5) is 39.6. The van der Waals surface area contributed by atoms with Gasteiger partial charge in [0.1, 0.15) is 41.3 Å². The van der Waals surface area contributed by atoms with Crippen molar-refractivity contribution in [3.05, 3.63) is 185 Å². The van der Waals surface area contributed by atoms with Gasteiger partial charge in [-0.3, -0.25) is 5.32 Å². The van der Waals surface area contributed by atoms with Crippen molar-refractivity contribution >= 4 is 57.8 Å². The molecule has 17 nitrogen and oxygen atoms in total. The van der Waals surface area contributed by atoms with Crippen LogP contribution in [0.4, 0.5) is 16.3 Å². The predicted molar refractivity (Wildman–Crippen MR) is 276 cm³/mol. The maximum absolute atomic E-state index is 14.2. The lowest BCUT2D eigenvalue weighted by molar-refractivity contribution is -0.0911. The number of methoxy groups -OCH3 is 2. The number of aromatic nitrogens is 4. The van der Waals surface area contributed by atoms with Crippen LogP contribution < -0.4 is 25.8 Å². The highest BCUT2D eigenvalue weighted by Gasteiger charge is 2.52. The van der Waals surface area contributed by atoms with Gasteiger partial charge in [0.2, 0.25) is 0 Å². The topological polar surface area (TPSA) is 197 Å². The van der Waals surface area contributed by atoms with Crippen molar-refractivity contribution in [2.75, 3.05) is 43.8 Å². The number of hydrogen-bond donors (Lipinski definition) is 3. The Balaban J connectivity index is 0.931. The molecule has 11 rings (SSSR count). The Hall–Kier alpha value is -7.02. The van der Waals surface area contributed by atoms with Gasteiger partial charge in [-0.2, -0.15) is 0 Å². The molecule has 3 saturated heterocycles. The Kier molecular flexibility index (Phi) is 13.5. The second-order valence-electron chi connectivity index (χ2n) is 18.0. The molecular weight excluding hydrogens is 970 g/mol. The number of nitrogens with one attached hydrogen (secondary N) is 3. The summed E-state index contributed by atoms with van der Waals surface area (Å²) in [5.41, 5.74) is 1.61. The Labute approximate surface area is 422 Å². The number of ether oxygens (including phenoxy) is 4. The summed E-state index contributed by atoms with van der Waals surface area (Å²) in [6, 6.07) is 46.3. The van der Waals surface area contributed by atoms with Crippen molar-refractivity contribution in [2.45, 2.75) is 60.3 Å².